The molecule has 0 bridgehead atoms. The first-order chi connectivity index (χ1) is 14.5. The van der Waals surface area contributed by atoms with Crippen molar-refractivity contribution in [2.75, 3.05) is 26.4 Å². The molecule has 2 rings (SSSR count). The lowest BCUT2D eigenvalue weighted by Crippen LogP contribution is -2.05. The normalized spacial score (nSPS) is 10.7. The lowest BCUT2D eigenvalue weighted by molar-refractivity contribution is 0.160. The maximum atomic E-state index is 6.24. The Hall–Kier alpha value is -1.79. The predicted octanol–water partition coefficient (Wildman–Crippen LogP) is 6.91. The highest BCUT2D eigenvalue weighted by atomic mass is 35.5. The first-order valence-electron chi connectivity index (χ1n) is 9.13. The van der Waals surface area contributed by atoms with Crippen LogP contribution in [0.1, 0.15) is 18.9 Å². The van der Waals surface area contributed by atoms with E-state index in [1.807, 2.05) is 31.2 Å². The van der Waals surface area contributed by atoms with Crippen LogP contribution in [0.25, 0.3) is 0 Å². The van der Waals surface area contributed by atoms with Crippen molar-refractivity contribution < 1.29 is 19.0 Å². The third-order valence-corrected chi connectivity index (χ3v) is 4.42. The molecule has 2 aromatic rings. The Bertz CT molecular complexity index is 830. The molecule has 0 atom stereocenters. The lowest BCUT2D eigenvalue weighted by Gasteiger charge is -2.12. The van der Waals surface area contributed by atoms with E-state index in [1.54, 1.807) is 18.3 Å². The van der Waals surface area contributed by atoms with Crippen LogP contribution in [0.5, 0.6) is 17.2 Å². The minimum atomic E-state index is 0.126. The number of nitrogens with zero attached hydrogens (tertiary/aromatic N) is 1. The summed E-state index contributed by atoms with van der Waals surface area (Å²) in [5.74, 6) is 1.64. The van der Waals surface area contributed by atoms with Crippen LogP contribution in [0.15, 0.2) is 52.1 Å². The smallest absolute Gasteiger partial charge is 0.156 e. The van der Waals surface area contributed by atoms with Gasteiger partial charge in [-0.25, -0.2) is 0 Å². The van der Waals surface area contributed by atoms with E-state index in [9.17, 15) is 0 Å². The number of oxime groups is 1. The number of rotatable bonds is 12. The molecular formula is C21H21Cl4NO4. The van der Waals surface area contributed by atoms with Gasteiger partial charge < -0.3 is 19.0 Å². The van der Waals surface area contributed by atoms with E-state index >= 15 is 0 Å². The van der Waals surface area contributed by atoms with E-state index < -0.39 is 0 Å². The molecule has 30 heavy (non-hydrogen) atoms. The van der Waals surface area contributed by atoms with Crippen molar-refractivity contribution in [3.05, 3.63) is 62.6 Å². The van der Waals surface area contributed by atoms with Gasteiger partial charge in [0.05, 0.1) is 29.5 Å². The van der Waals surface area contributed by atoms with Crippen LogP contribution in [-0.2, 0) is 4.84 Å². The molecule has 0 spiro atoms. The van der Waals surface area contributed by atoms with Gasteiger partial charge in [-0.05, 0) is 42.8 Å². The molecule has 9 heteroatoms. The average Bonchev–Trinajstić information content (AvgIpc) is 2.70. The van der Waals surface area contributed by atoms with E-state index in [1.165, 1.54) is 6.08 Å². The van der Waals surface area contributed by atoms with Crippen molar-refractivity contribution in [1.82, 2.24) is 0 Å². The molecule has 0 N–H and O–H groups in total. The van der Waals surface area contributed by atoms with Crippen LogP contribution in [0.3, 0.4) is 0 Å². The van der Waals surface area contributed by atoms with Gasteiger partial charge in [0.25, 0.3) is 0 Å². The van der Waals surface area contributed by atoms with Gasteiger partial charge in [0.15, 0.2) is 5.75 Å². The first-order valence-corrected chi connectivity index (χ1v) is 10.6. The fourth-order valence-corrected chi connectivity index (χ4v) is 2.91. The minimum Gasteiger partial charge on any atom is -0.493 e. The van der Waals surface area contributed by atoms with Gasteiger partial charge in [-0.15, -0.1) is 0 Å². The Balaban J connectivity index is 1.75. The van der Waals surface area contributed by atoms with Gasteiger partial charge in [0.1, 0.15) is 29.2 Å². The second kappa shape index (κ2) is 13.5. The molecule has 0 radical (unpaired) electrons. The summed E-state index contributed by atoms with van der Waals surface area (Å²) in [4.78, 5) is 4.93. The Morgan fingerprint density at radius 1 is 0.933 bits per heavy atom. The first kappa shape index (κ1) is 24.5. The SMILES string of the molecule is CCO/N=C/c1ccc(OCCCOc2c(Cl)cc(OCC=C(Cl)Cl)cc2Cl)cc1. The summed E-state index contributed by atoms with van der Waals surface area (Å²) < 4.78 is 17.0. The fourth-order valence-electron chi connectivity index (χ4n) is 2.20. The fraction of sp³-hybridized carbons (Fsp3) is 0.286. The summed E-state index contributed by atoms with van der Waals surface area (Å²) in [6.45, 7) is 3.49. The van der Waals surface area contributed by atoms with E-state index in [2.05, 4.69) is 5.16 Å². The third kappa shape index (κ3) is 8.92. The Morgan fingerprint density at radius 2 is 1.60 bits per heavy atom. The molecule has 0 saturated heterocycles. The Labute approximate surface area is 196 Å². The lowest BCUT2D eigenvalue weighted by atomic mass is 10.2. The molecule has 162 valence electrons. The molecule has 0 aliphatic heterocycles. The van der Waals surface area contributed by atoms with Crippen molar-refractivity contribution in [2.24, 2.45) is 5.16 Å². The highest BCUT2D eigenvalue weighted by Crippen LogP contribution is 2.37. The molecule has 2 aromatic carbocycles. The summed E-state index contributed by atoms with van der Waals surface area (Å²) in [6.07, 6.45) is 3.81. The third-order valence-electron chi connectivity index (χ3n) is 3.55. The topological polar surface area (TPSA) is 49.3 Å². The van der Waals surface area contributed by atoms with E-state index in [4.69, 9.17) is 65.5 Å². The van der Waals surface area contributed by atoms with Crippen molar-refractivity contribution in [2.45, 2.75) is 13.3 Å². The highest BCUT2D eigenvalue weighted by molar-refractivity contribution is 6.55. The van der Waals surface area contributed by atoms with Gasteiger partial charge in [-0.2, -0.15) is 0 Å². The molecule has 0 aromatic heterocycles. The number of hydrogen-bond donors (Lipinski definition) is 0. The molecule has 0 aliphatic carbocycles. The summed E-state index contributed by atoms with van der Waals surface area (Å²) in [5, 5.41) is 4.52. The maximum Gasteiger partial charge on any atom is 0.156 e. The highest BCUT2D eigenvalue weighted by Gasteiger charge is 2.10. The maximum absolute atomic E-state index is 6.24. The number of benzene rings is 2. The average molecular weight is 493 g/mol. The summed E-state index contributed by atoms with van der Waals surface area (Å²) >= 11 is 23.6. The number of halogens is 4. The van der Waals surface area contributed by atoms with E-state index in [-0.39, 0.29) is 11.1 Å². The van der Waals surface area contributed by atoms with Crippen molar-refractivity contribution in [3.8, 4) is 17.2 Å². The summed E-state index contributed by atoms with van der Waals surface area (Å²) in [5.41, 5.74) is 0.928. The Morgan fingerprint density at radius 3 is 2.23 bits per heavy atom. The molecule has 0 saturated carbocycles. The number of ether oxygens (including phenoxy) is 3. The quantitative estimate of drug-likeness (QED) is 0.183. The van der Waals surface area contributed by atoms with Gasteiger partial charge in [-0.1, -0.05) is 51.6 Å². The van der Waals surface area contributed by atoms with E-state index in [0.29, 0.717) is 47.8 Å². The van der Waals surface area contributed by atoms with Crippen LogP contribution in [-0.4, -0.2) is 32.6 Å². The van der Waals surface area contributed by atoms with Crippen molar-refractivity contribution in [1.29, 1.82) is 0 Å². The predicted molar refractivity (Wildman–Crippen MR) is 123 cm³/mol. The molecule has 0 aliphatic rings. The van der Waals surface area contributed by atoms with Crippen molar-refractivity contribution >= 4 is 52.6 Å². The molecule has 0 amide bonds. The van der Waals surface area contributed by atoms with Gasteiger partial charge in [0, 0.05) is 18.6 Å². The zero-order chi connectivity index (χ0) is 21.8. The monoisotopic (exact) mass is 491 g/mol. The Kier molecular flexibility index (Phi) is 11.0. The molecule has 5 nitrogen and oxygen atoms in total. The largest absolute Gasteiger partial charge is 0.493 e. The van der Waals surface area contributed by atoms with Gasteiger partial charge in [-0.3, -0.25) is 0 Å². The molecular weight excluding hydrogens is 472 g/mol. The van der Waals surface area contributed by atoms with Gasteiger partial charge >= 0.3 is 0 Å². The zero-order valence-electron chi connectivity index (χ0n) is 16.2. The minimum absolute atomic E-state index is 0.126. The second-order valence-electron chi connectivity index (χ2n) is 5.79. The summed E-state index contributed by atoms with van der Waals surface area (Å²) in [7, 11) is 0. The zero-order valence-corrected chi connectivity index (χ0v) is 19.3. The molecule has 0 heterocycles. The van der Waals surface area contributed by atoms with Gasteiger partial charge in [0.2, 0.25) is 0 Å². The second-order valence-corrected chi connectivity index (χ2v) is 7.61. The molecule has 0 unspecified atom stereocenters. The van der Waals surface area contributed by atoms with Crippen LogP contribution in [0.4, 0.5) is 0 Å². The number of hydrogen-bond acceptors (Lipinski definition) is 5. The van der Waals surface area contributed by atoms with Crippen LogP contribution in [0.2, 0.25) is 10.0 Å². The van der Waals surface area contributed by atoms with Crippen molar-refractivity contribution in [3.63, 3.8) is 0 Å². The summed E-state index contributed by atoms with van der Waals surface area (Å²) in [6, 6.07) is 10.8. The standard InChI is InChI=1S/C21H21Cl4NO4/c1-2-30-26-14-15-4-6-16(7-5-15)27-9-3-10-29-21-18(22)12-17(13-19(21)23)28-11-8-20(24)25/h4-8,12-14H,2-3,9-11H2,1H3/b26-14+. The van der Waals surface area contributed by atoms with Crippen LogP contribution in [0, 0.1) is 0 Å². The van der Waals surface area contributed by atoms with Crippen LogP contribution < -0.4 is 14.2 Å². The van der Waals surface area contributed by atoms with E-state index in [0.717, 1.165) is 11.3 Å². The molecule has 0 fully saturated rings. The van der Waals surface area contributed by atoms with Crippen LogP contribution >= 0.6 is 46.4 Å².